The monoisotopic (exact) mass is 234 g/mol. The summed E-state index contributed by atoms with van der Waals surface area (Å²) >= 11 is 0. The van der Waals surface area contributed by atoms with Crippen LogP contribution in [0.4, 0.5) is 0 Å². The molecule has 0 saturated carbocycles. The largest absolute Gasteiger partial charge is 0.308 e. The third kappa shape index (κ3) is 2.80. The van der Waals surface area contributed by atoms with E-state index in [9.17, 15) is 0 Å². The highest BCUT2D eigenvalue weighted by Gasteiger charge is 2.01. The third-order valence-electron chi connectivity index (χ3n) is 2.65. The minimum atomic E-state index is 0.415. The molecule has 0 aliphatic carbocycles. The van der Waals surface area contributed by atoms with Crippen molar-refractivity contribution < 1.29 is 0 Å². The predicted octanol–water partition coefficient (Wildman–Crippen LogP) is 3.79. The minimum Gasteiger partial charge on any atom is -0.308 e. The molecule has 2 aromatic carbocycles. The van der Waals surface area contributed by atoms with Crippen LogP contribution < -0.4 is 0 Å². The standard InChI is InChI=1S/C16H14N2/c17-12-15(13-7-3-1-4-8-13)11-16(18)14-9-5-2-6-10-14/h1-12,17-18H. The van der Waals surface area contributed by atoms with E-state index in [1.165, 1.54) is 6.21 Å². The Labute approximate surface area is 107 Å². The zero-order valence-corrected chi connectivity index (χ0v) is 9.93. The maximum absolute atomic E-state index is 8.03. The van der Waals surface area contributed by atoms with E-state index in [2.05, 4.69) is 0 Å². The van der Waals surface area contributed by atoms with Crippen LogP contribution in [0.25, 0.3) is 5.57 Å². The molecule has 2 nitrogen and oxygen atoms in total. The zero-order chi connectivity index (χ0) is 12.8. The van der Waals surface area contributed by atoms with Crippen molar-refractivity contribution in [2.24, 2.45) is 0 Å². The van der Waals surface area contributed by atoms with Crippen LogP contribution in [0, 0.1) is 10.8 Å². The molecule has 2 N–H and O–H groups in total. The number of hydrogen-bond donors (Lipinski definition) is 2. The highest BCUT2D eigenvalue weighted by atomic mass is 14.4. The van der Waals surface area contributed by atoms with Crippen molar-refractivity contribution in [2.45, 2.75) is 0 Å². The molecule has 0 spiro atoms. The summed E-state index contributed by atoms with van der Waals surface area (Å²) in [5.74, 6) is 0. The first-order valence-corrected chi connectivity index (χ1v) is 5.73. The fourth-order valence-corrected chi connectivity index (χ4v) is 1.70. The van der Waals surface area contributed by atoms with Crippen LogP contribution in [0.3, 0.4) is 0 Å². The Bertz CT molecular complexity index is 569. The number of benzene rings is 2. The Hall–Kier alpha value is -2.48. The summed E-state index contributed by atoms with van der Waals surface area (Å²) in [6.45, 7) is 0. The average molecular weight is 234 g/mol. The lowest BCUT2D eigenvalue weighted by Gasteiger charge is -2.03. The van der Waals surface area contributed by atoms with Gasteiger partial charge < -0.3 is 10.8 Å². The Morgan fingerprint density at radius 3 is 1.78 bits per heavy atom. The SMILES string of the molecule is N=CC(=CC(=N)c1ccccc1)c1ccccc1. The molecule has 88 valence electrons. The molecule has 0 saturated heterocycles. The van der Waals surface area contributed by atoms with Crippen LogP contribution in [0.5, 0.6) is 0 Å². The summed E-state index contributed by atoms with van der Waals surface area (Å²) in [6, 6.07) is 19.2. The molecule has 0 amide bonds. The van der Waals surface area contributed by atoms with E-state index in [0.717, 1.165) is 16.7 Å². The molecular formula is C16H14N2. The van der Waals surface area contributed by atoms with Gasteiger partial charge in [-0.1, -0.05) is 60.7 Å². The number of hydrogen-bond acceptors (Lipinski definition) is 2. The zero-order valence-electron chi connectivity index (χ0n) is 9.93. The van der Waals surface area contributed by atoms with E-state index in [4.69, 9.17) is 10.8 Å². The number of nitrogens with one attached hydrogen (secondary N) is 2. The molecule has 2 rings (SSSR count). The molecule has 0 bridgehead atoms. The Morgan fingerprint density at radius 2 is 1.28 bits per heavy atom. The van der Waals surface area contributed by atoms with E-state index >= 15 is 0 Å². The second-order valence-corrected chi connectivity index (χ2v) is 3.89. The van der Waals surface area contributed by atoms with Crippen LogP contribution in [-0.4, -0.2) is 11.9 Å². The van der Waals surface area contributed by atoms with Gasteiger partial charge in [0.05, 0.1) is 5.71 Å². The van der Waals surface area contributed by atoms with Crippen LogP contribution >= 0.6 is 0 Å². The molecule has 0 fully saturated rings. The van der Waals surface area contributed by atoms with Gasteiger partial charge in [0.15, 0.2) is 0 Å². The van der Waals surface area contributed by atoms with Gasteiger partial charge in [0.25, 0.3) is 0 Å². The van der Waals surface area contributed by atoms with Gasteiger partial charge in [-0.2, -0.15) is 0 Å². The molecule has 18 heavy (non-hydrogen) atoms. The van der Waals surface area contributed by atoms with Gasteiger partial charge in [-0.05, 0) is 17.2 Å². The van der Waals surface area contributed by atoms with Gasteiger partial charge in [-0.25, -0.2) is 0 Å². The normalized spacial score (nSPS) is 11.0. The van der Waals surface area contributed by atoms with E-state index in [1.54, 1.807) is 6.08 Å². The first-order valence-electron chi connectivity index (χ1n) is 5.73. The van der Waals surface area contributed by atoms with Crippen molar-refractivity contribution >= 4 is 17.5 Å². The van der Waals surface area contributed by atoms with Gasteiger partial charge in [0.2, 0.25) is 0 Å². The van der Waals surface area contributed by atoms with Crippen LogP contribution in [0.15, 0.2) is 66.7 Å². The van der Waals surface area contributed by atoms with Gasteiger partial charge in [0, 0.05) is 11.8 Å². The second kappa shape index (κ2) is 5.73. The second-order valence-electron chi connectivity index (χ2n) is 3.89. The van der Waals surface area contributed by atoms with E-state index in [1.807, 2.05) is 60.7 Å². The van der Waals surface area contributed by atoms with Gasteiger partial charge >= 0.3 is 0 Å². The topological polar surface area (TPSA) is 47.7 Å². The lowest BCUT2D eigenvalue weighted by atomic mass is 10.0. The van der Waals surface area contributed by atoms with Crippen molar-refractivity contribution in [3.8, 4) is 0 Å². The fourth-order valence-electron chi connectivity index (χ4n) is 1.70. The molecule has 0 aromatic heterocycles. The highest BCUT2D eigenvalue weighted by Crippen LogP contribution is 2.13. The molecule has 0 aliphatic heterocycles. The summed E-state index contributed by atoms with van der Waals surface area (Å²) in [6.07, 6.45) is 3.00. The summed E-state index contributed by atoms with van der Waals surface area (Å²) in [4.78, 5) is 0. The Balaban J connectivity index is 2.32. The van der Waals surface area contributed by atoms with Crippen molar-refractivity contribution in [3.63, 3.8) is 0 Å². The maximum Gasteiger partial charge on any atom is 0.0618 e. The smallest absolute Gasteiger partial charge is 0.0618 e. The molecule has 0 aliphatic rings. The average Bonchev–Trinajstić information content (AvgIpc) is 2.46. The van der Waals surface area contributed by atoms with Gasteiger partial charge in [0.1, 0.15) is 0 Å². The Morgan fingerprint density at radius 1 is 0.778 bits per heavy atom. The number of rotatable bonds is 4. The summed E-state index contributed by atoms with van der Waals surface area (Å²) < 4.78 is 0. The van der Waals surface area contributed by atoms with E-state index < -0.39 is 0 Å². The van der Waals surface area contributed by atoms with Crippen molar-refractivity contribution in [1.29, 1.82) is 10.8 Å². The summed E-state index contributed by atoms with van der Waals surface area (Å²) in [5, 5.41) is 15.5. The Kier molecular flexibility index (Phi) is 3.82. The van der Waals surface area contributed by atoms with Crippen LogP contribution in [0.1, 0.15) is 11.1 Å². The van der Waals surface area contributed by atoms with Crippen molar-refractivity contribution in [2.75, 3.05) is 0 Å². The minimum absolute atomic E-state index is 0.415. The molecule has 0 radical (unpaired) electrons. The van der Waals surface area contributed by atoms with E-state index in [0.29, 0.717) is 5.71 Å². The lowest BCUT2D eigenvalue weighted by Crippen LogP contribution is -1.96. The van der Waals surface area contributed by atoms with Crippen LogP contribution in [0.2, 0.25) is 0 Å². The molecule has 0 heterocycles. The molecule has 0 atom stereocenters. The lowest BCUT2D eigenvalue weighted by molar-refractivity contribution is 1.49. The summed E-state index contributed by atoms with van der Waals surface area (Å²) in [5.41, 5.74) is 2.96. The van der Waals surface area contributed by atoms with Crippen molar-refractivity contribution in [1.82, 2.24) is 0 Å². The fraction of sp³-hybridized carbons (Fsp3) is 0. The molecule has 2 aromatic rings. The number of allylic oxidation sites excluding steroid dienone is 2. The van der Waals surface area contributed by atoms with Gasteiger partial charge in [-0.15, -0.1) is 0 Å². The third-order valence-corrected chi connectivity index (χ3v) is 2.65. The molecule has 2 heteroatoms. The van der Waals surface area contributed by atoms with Gasteiger partial charge in [-0.3, -0.25) is 0 Å². The summed E-state index contributed by atoms with van der Waals surface area (Å²) in [7, 11) is 0. The predicted molar refractivity (Wildman–Crippen MR) is 76.5 cm³/mol. The van der Waals surface area contributed by atoms with Crippen LogP contribution in [-0.2, 0) is 0 Å². The molecular weight excluding hydrogens is 220 g/mol. The highest BCUT2D eigenvalue weighted by molar-refractivity contribution is 6.19. The quantitative estimate of drug-likeness (QED) is 0.756. The van der Waals surface area contributed by atoms with Crippen molar-refractivity contribution in [3.05, 3.63) is 77.9 Å². The van der Waals surface area contributed by atoms with E-state index in [-0.39, 0.29) is 0 Å². The first kappa shape index (κ1) is 12.0. The maximum atomic E-state index is 8.03. The first-order chi connectivity index (χ1) is 8.81. The molecule has 0 unspecified atom stereocenters.